The van der Waals surface area contributed by atoms with Gasteiger partial charge in [-0.1, -0.05) is 11.8 Å². The van der Waals surface area contributed by atoms with Crippen LogP contribution in [0.15, 0.2) is 4.99 Å². The number of ether oxygens (including phenoxy) is 1. The lowest BCUT2D eigenvalue weighted by Gasteiger charge is -2.23. The third-order valence-electron chi connectivity index (χ3n) is 3.14. The summed E-state index contributed by atoms with van der Waals surface area (Å²) in [6.45, 7) is 4.08. The van der Waals surface area contributed by atoms with Crippen LogP contribution in [0.1, 0.15) is 39.0 Å². The quantitative estimate of drug-likeness (QED) is 0.825. The summed E-state index contributed by atoms with van der Waals surface area (Å²) in [6.07, 6.45) is 6.58. The number of rotatable bonds is 3. The Morgan fingerprint density at radius 2 is 2.38 bits per heavy atom. The maximum Gasteiger partial charge on any atom is 0.156 e. The normalized spacial score (nSPS) is 33.7. The van der Waals surface area contributed by atoms with Crippen LogP contribution in [0, 0.1) is 0 Å². The summed E-state index contributed by atoms with van der Waals surface area (Å²) in [5.41, 5.74) is 0. The molecule has 0 spiro atoms. The van der Waals surface area contributed by atoms with Gasteiger partial charge in [0, 0.05) is 24.9 Å². The number of nitrogens with zero attached hydrogens (tertiary/aromatic N) is 1. The van der Waals surface area contributed by atoms with Crippen molar-refractivity contribution in [2.75, 3.05) is 18.9 Å². The monoisotopic (exact) mass is 242 g/mol. The molecule has 0 aromatic carbocycles. The van der Waals surface area contributed by atoms with Crippen molar-refractivity contribution in [1.82, 2.24) is 5.32 Å². The number of hydrogen-bond acceptors (Lipinski definition) is 3. The van der Waals surface area contributed by atoms with Crippen LogP contribution in [0.2, 0.25) is 0 Å². The standard InChI is InChI=1S/C12H22N2OS/c1-10-6-9-16-12(14-10)13-7-5-11-4-2-3-8-15-11/h10-11H,2-9H2,1H3,(H,13,14). The van der Waals surface area contributed by atoms with Crippen molar-refractivity contribution in [2.45, 2.75) is 51.2 Å². The highest BCUT2D eigenvalue weighted by Crippen LogP contribution is 2.17. The van der Waals surface area contributed by atoms with Gasteiger partial charge < -0.3 is 10.1 Å². The van der Waals surface area contributed by atoms with Gasteiger partial charge in [-0.05, 0) is 39.0 Å². The molecule has 0 bridgehead atoms. The molecule has 2 aliphatic heterocycles. The van der Waals surface area contributed by atoms with Gasteiger partial charge in [-0.2, -0.15) is 0 Å². The lowest BCUT2D eigenvalue weighted by molar-refractivity contribution is 0.0129. The predicted molar refractivity (Wildman–Crippen MR) is 70.2 cm³/mol. The Morgan fingerprint density at radius 1 is 1.44 bits per heavy atom. The van der Waals surface area contributed by atoms with E-state index in [9.17, 15) is 0 Å². The Hall–Kier alpha value is -0.220. The lowest BCUT2D eigenvalue weighted by Crippen LogP contribution is -2.35. The van der Waals surface area contributed by atoms with E-state index in [0.29, 0.717) is 12.1 Å². The Morgan fingerprint density at radius 3 is 3.12 bits per heavy atom. The van der Waals surface area contributed by atoms with Crippen molar-refractivity contribution in [3.8, 4) is 0 Å². The first-order valence-corrected chi connectivity index (χ1v) is 7.38. The molecule has 0 aromatic heterocycles. The van der Waals surface area contributed by atoms with Gasteiger partial charge >= 0.3 is 0 Å². The zero-order valence-electron chi connectivity index (χ0n) is 10.1. The van der Waals surface area contributed by atoms with Gasteiger partial charge in [-0.15, -0.1) is 0 Å². The summed E-state index contributed by atoms with van der Waals surface area (Å²) >= 11 is 1.85. The number of nitrogens with one attached hydrogen (secondary N) is 1. The molecule has 2 aliphatic rings. The van der Waals surface area contributed by atoms with Crippen molar-refractivity contribution < 1.29 is 4.74 Å². The average molecular weight is 242 g/mol. The minimum absolute atomic E-state index is 0.462. The summed E-state index contributed by atoms with van der Waals surface area (Å²) in [5.74, 6) is 1.20. The molecular formula is C12H22N2OS. The topological polar surface area (TPSA) is 33.6 Å². The van der Waals surface area contributed by atoms with E-state index in [1.807, 2.05) is 11.8 Å². The van der Waals surface area contributed by atoms with E-state index in [0.717, 1.165) is 24.7 Å². The fourth-order valence-corrected chi connectivity index (χ4v) is 3.23. The van der Waals surface area contributed by atoms with Crippen molar-refractivity contribution in [1.29, 1.82) is 0 Å². The fraction of sp³-hybridized carbons (Fsp3) is 0.917. The highest BCUT2D eigenvalue weighted by molar-refractivity contribution is 8.13. The van der Waals surface area contributed by atoms with Crippen LogP contribution in [0.4, 0.5) is 0 Å². The number of thioether (sulfide) groups is 1. The van der Waals surface area contributed by atoms with Gasteiger partial charge in [0.15, 0.2) is 5.17 Å². The second-order valence-electron chi connectivity index (χ2n) is 4.65. The molecule has 2 heterocycles. The van der Waals surface area contributed by atoms with Gasteiger partial charge in [-0.25, -0.2) is 0 Å². The van der Waals surface area contributed by atoms with E-state index < -0.39 is 0 Å². The zero-order valence-corrected chi connectivity index (χ0v) is 10.9. The highest BCUT2D eigenvalue weighted by atomic mass is 32.2. The van der Waals surface area contributed by atoms with E-state index in [2.05, 4.69) is 17.2 Å². The minimum atomic E-state index is 0.462. The molecule has 2 atom stereocenters. The van der Waals surface area contributed by atoms with Crippen molar-refractivity contribution in [3.63, 3.8) is 0 Å². The molecule has 2 fully saturated rings. The zero-order chi connectivity index (χ0) is 11.2. The van der Waals surface area contributed by atoms with E-state index in [1.165, 1.54) is 31.4 Å². The Balaban J connectivity index is 1.67. The van der Waals surface area contributed by atoms with Gasteiger partial charge in [0.1, 0.15) is 0 Å². The Bertz CT molecular complexity index is 239. The predicted octanol–water partition coefficient (Wildman–Crippen LogP) is 2.42. The van der Waals surface area contributed by atoms with Gasteiger partial charge in [-0.3, -0.25) is 4.99 Å². The van der Waals surface area contributed by atoms with Gasteiger partial charge in [0.05, 0.1) is 6.10 Å². The summed E-state index contributed by atoms with van der Waals surface area (Å²) < 4.78 is 5.69. The fourth-order valence-electron chi connectivity index (χ4n) is 2.09. The number of hydrogen-bond donors (Lipinski definition) is 1. The molecule has 0 amide bonds. The first-order chi connectivity index (χ1) is 7.84. The maximum atomic E-state index is 5.69. The van der Waals surface area contributed by atoms with Crippen LogP contribution >= 0.6 is 11.8 Å². The Labute approximate surface area is 102 Å². The number of aliphatic imine (C=N–C) groups is 1. The van der Waals surface area contributed by atoms with Crippen molar-refractivity contribution in [3.05, 3.63) is 0 Å². The highest BCUT2D eigenvalue weighted by Gasteiger charge is 2.15. The first kappa shape index (κ1) is 12.2. The molecule has 2 unspecified atom stereocenters. The first-order valence-electron chi connectivity index (χ1n) is 6.40. The maximum absolute atomic E-state index is 5.69. The smallest absolute Gasteiger partial charge is 0.156 e. The molecule has 2 saturated heterocycles. The average Bonchev–Trinajstić information content (AvgIpc) is 2.30. The summed E-state index contributed by atoms with van der Waals surface area (Å²) in [5, 5.41) is 4.56. The van der Waals surface area contributed by atoms with Crippen LogP contribution in [0.5, 0.6) is 0 Å². The van der Waals surface area contributed by atoms with Crippen LogP contribution in [0.25, 0.3) is 0 Å². The Kier molecular flexibility index (Phi) is 4.97. The minimum Gasteiger partial charge on any atom is -0.378 e. The van der Waals surface area contributed by atoms with E-state index in [1.54, 1.807) is 0 Å². The summed E-state index contributed by atoms with van der Waals surface area (Å²) in [4.78, 5) is 4.62. The number of amidine groups is 1. The van der Waals surface area contributed by atoms with E-state index >= 15 is 0 Å². The molecule has 4 heteroatoms. The largest absolute Gasteiger partial charge is 0.378 e. The van der Waals surface area contributed by atoms with Gasteiger partial charge in [0.25, 0.3) is 0 Å². The molecule has 0 aromatic rings. The molecule has 0 saturated carbocycles. The molecule has 2 rings (SSSR count). The van der Waals surface area contributed by atoms with Crippen LogP contribution in [-0.2, 0) is 4.74 Å². The molecular weight excluding hydrogens is 220 g/mol. The molecule has 92 valence electrons. The van der Waals surface area contributed by atoms with Crippen molar-refractivity contribution in [2.24, 2.45) is 4.99 Å². The molecule has 1 N–H and O–H groups in total. The second kappa shape index (κ2) is 6.50. The van der Waals surface area contributed by atoms with Crippen LogP contribution in [-0.4, -0.2) is 36.2 Å². The molecule has 16 heavy (non-hydrogen) atoms. The second-order valence-corrected chi connectivity index (χ2v) is 5.73. The van der Waals surface area contributed by atoms with Crippen LogP contribution in [0.3, 0.4) is 0 Å². The van der Waals surface area contributed by atoms with E-state index in [-0.39, 0.29) is 0 Å². The third-order valence-corrected chi connectivity index (χ3v) is 4.10. The lowest BCUT2D eigenvalue weighted by atomic mass is 10.1. The van der Waals surface area contributed by atoms with E-state index in [4.69, 9.17) is 4.74 Å². The molecule has 0 aliphatic carbocycles. The van der Waals surface area contributed by atoms with Crippen molar-refractivity contribution >= 4 is 16.9 Å². The third kappa shape index (κ3) is 3.98. The van der Waals surface area contributed by atoms with Crippen LogP contribution < -0.4 is 5.32 Å². The van der Waals surface area contributed by atoms with Gasteiger partial charge in [0.2, 0.25) is 0 Å². The summed E-state index contributed by atoms with van der Waals surface area (Å²) in [7, 11) is 0. The SMILES string of the molecule is CC1CCSC(=NCCC2CCCCO2)N1. The summed E-state index contributed by atoms with van der Waals surface area (Å²) in [6, 6.07) is 0.589. The molecule has 0 radical (unpaired) electrons. The molecule has 3 nitrogen and oxygen atoms in total.